The first-order chi connectivity index (χ1) is 6.37. The van der Waals surface area contributed by atoms with Gasteiger partial charge in [-0.1, -0.05) is 25.4 Å². The van der Waals surface area contributed by atoms with Crippen LogP contribution in [0.2, 0.25) is 5.02 Å². The van der Waals surface area contributed by atoms with Crippen molar-refractivity contribution in [1.29, 1.82) is 0 Å². The summed E-state index contributed by atoms with van der Waals surface area (Å²) >= 11 is 6.08. The van der Waals surface area contributed by atoms with Gasteiger partial charge in [-0.15, -0.1) is 0 Å². The SMILES string of the molecule is Cc1nn(C)c(CC(C)(C)C=O)c1Cl. The van der Waals surface area contributed by atoms with Crippen molar-refractivity contribution < 1.29 is 4.79 Å². The van der Waals surface area contributed by atoms with Crippen LogP contribution in [0.5, 0.6) is 0 Å². The Morgan fingerprint density at radius 1 is 1.57 bits per heavy atom. The number of carbonyl (C=O) groups is 1. The van der Waals surface area contributed by atoms with Gasteiger partial charge >= 0.3 is 0 Å². The number of nitrogens with zero attached hydrogens (tertiary/aromatic N) is 2. The number of rotatable bonds is 3. The predicted octanol–water partition coefficient (Wildman–Crippen LogP) is 2.15. The summed E-state index contributed by atoms with van der Waals surface area (Å²) in [6.07, 6.45) is 1.57. The minimum atomic E-state index is -0.385. The second-order valence-corrected chi connectivity index (χ2v) is 4.63. The van der Waals surface area contributed by atoms with Gasteiger partial charge in [0, 0.05) is 18.9 Å². The quantitative estimate of drug-likeness (QED) is 0.723. The molecule has 0 atom stereocenters. The van der Waals surface area contributed by atoms with Gasteiger partial charge in [-0.2, -0.15) is 5.10 Å². The third-order valence-corrected chi connectivity index (χ3v) is 2.70. The van der Waals surface area contributed by atoms with Crippen molar-refractivity contribution in [3.8, 4) is 0 Å². The molecular formula is C10H15ClN2O. The fourth-order valence-electron chi connectivity index (χ4n) is 1.35. The lowest BCUT2D eigenvalue weighted by Crippen LogP contribution is -2.18. The number of aromatic nitrogens is 2. The average Bonchev–Trinajstić information content (AvgIpc) is 2.32. The number of halogens is 1. The van der Waals surface area contributed by atoms with Crippen molar-refractivity contribution >= 4 is 17.9 Å². The third kappa shape index (κ3) is 2.15. The van der Waals surface area contributed by atoms with Crippen LogP contribution in [-0.2, 0) is 18.3 Å². The highest BCUT2D eigenvalue weighted by Gasteiger charge is 2.22. The van der Waals surface area contributed by atoms with Crippen molar-refractivity contribution in [2.75, 3.05) is 0 Å². The molecular weight excluding hydrogens is 200 g/mol. The van der Waals surface area contributed by atoms with E-state index in [0.29, 0.717) is 11.4 Å². The molecule has 1 aromatic heterocycles. The largest absolute Gasteiger partial charge is 0.303 e. The molecule has 0 radical (unpaired) electrons. The Labute approximate surface area is 89.1 Å². The topological polar surface area (TPSA) is 34.9 Å². The molecule has 0 aliphatic carbocycles. The maximum absolute atomic E-state index is 10.8. The van der Waals surface area contributed by atoms with Crippen LogP contribution in [0, 0.1) is 12.3 Å². The zero-order chi connectivity index (χ0) is 10.9. The van der Waals surface area contributed by atoms with E-state index in [4.69, 9.17) is 11.6 Å². The Morgan fingerprint density at radius 2 is 2.14 bits per heavy atom. The van der Waals surface area contributed by atoms with E-state index in [1.165, 1.54) is 0 Å². The molecule has 1 rings (SSSR count). The van der Waals surface area contributed by atoms with Gasteiger partial charge in [-0.3, -0.25) is 4.68 Å². The summed E-state index contributed by atoms with van der Waals surface area (Å²) in [5.74, 6) is 0. The molecule has 14 heavy (non-hydrogen) atoms. The maximum Gasteiger partial charge on any atom is 0.125 e. The van der Waals surface area contributed by atoms with Crippen molar-refractivity contribution in [2.45, 2.75) is 27.2 Å². The summed E-state index contributed by atoms with van der Waals surface area (Å²) in [6.45, 7) is 5.64. The molecule has 0 saturated heterocycles. The van der Waals surface area contributed by atoms with Crippen LogP contribution in [0.4, 0.5) is 0 Å². The van der Waals surface area contributed by atoms with Gasteiger partial charge in [0.25, 0.3) is 0 Å². The van der Waals surface area contributed by atoms with Crippen LogP contribution >= 0.6 is 11.6 Å². The van der Waals surface area contributed by atoms with Crippen molar-refractivity contribution in [2.24, 2.45) is 12.5 Å². The fourth-order valence-corrected chi connectivity index (χ4v) is 1.57. The highest BCUT2D eigenvalue weighted by molar-refractivity contribution is 6.31. The number of hydrogen-bond acceptors (Lipinski definition) is 2. The first kappa shape index (κ1) is 11.2. The molecule has 0 aliphatic heterocycles. The summed E-state index contributed by atoms with van der Waals surface area (Å²) < 4.78 is 1.74. The Bertz CT molecular complexity index is 355. The maximum atomic E-state index is 10.8. The van der Waals surface area contributed by atoms with Crippen LogP contribution in [0.1, 0.15) is 25.2 Å². The zero-order valence-electron chi connectivity index (χ0n) is 8.97. The number of hydrogen-bond donors (Lipinski definition) is 0. The van der Waals surface area contributed by atoms with E-state index in [2.05, 4.69) is 5.10 Å². The predicted molar refractivity (Wildman–Crippen MR) is 56.5 cm³/mol. The van der Waals surface area contributed by atoms with Crippen LogP contribution in [-0.4, -0.2) is 16.1 Å². The molecule has 3 nitrogen and oxygen atoms in total. The monoisotopic (exact) mass is 214 g/mol. The summed E-state index contributed by atoms with van der Waals surface area (Å²) in [5.41, 5.74) is 1.34. The first-order valence-electron chi connectivity index (χ1n) is 4.51. The van der Waals surface area contributed by atoms with Gasteiger partial charge in [-0.25, -0.2) is 0 Å². The second kappa shape index (κ2) is 3.73. The van der Waals surface area contributed by atoms with E-state index in [1.807, 2.05) is 27.8 Å². The Balaban J connectivity index is 3.02. The van der Waals surface area contributed by atoms with Crippen molar-refractivity contribution in [1.82, 2.24) is 9.78 Å². The van der Waals surface area contributed by atoms with Crippen LogP contribution < -0.4 is 0 Å². The van der Waals surface area contributed by atoms with Gasteiger partial charge in [0.15, 0.2) is 0 Å². The van der Waals surface area contributed by atoms with E-state index in [1.54, 1.807) is 4.68 Å². The number of aryl methyl sites for hydroxylation is 2. The highest BCUT2D eigenvalue weighted by Crippen LogP contribution is 2.26. The van der Waals surface area contributed by atoms with Crippen LogP contribution in [0.3, 0.4) is 0 Å². The van der Waals surface area contributed by atoms with Gasteiger partial charge < -0.3 is 4.79 Å². The molecule has 78 valence electrons. The molecule has 4 heteroatoms. The molecule has 0 aliphatic rings. The van der Waals surface area contributed by atoms with Gasteiger partial charge in [-0.05, 0) is 6.92 Å². The van der Waals surface area contributed by atoms with Gasteiger partial charge in [0.1, 0.15) is 6.29 Å². The molecule has 0 bridgehead atoms. The standard InChI is InChI=1S/C10H15ClN2O/c1-7-9(11)8(13(4)12-7)5-10(2,3)6-14/h6H,5H2,1-4H3. The Morgan fingerprint density at radius 3 is 2.50 bits per heavy atom. The van der Waals surface area contributed by atoms with E-state index < -0.39 is 0 Å². The molecule has 0 unspecified atom stereocenters. The Hall–Kier alpha value is -0.830. The van der Waals surface area contributed by atoms with Gasteiger partial charge in [0.05, 0.1) is 16.4 Å². The summed E-state index contributed by atoms with van der Waals surface area (Å²) in [4.78, 5) is 10.8. The molecule has 1 heterocycles. The summed E-state index contributed by atoms with van der Waals surface area (Å²) in [6, 6.07) is 0. The smallest absolute Gasteiger partial charge is 0.125 e. The summed E-state index contributed by atoms with van der Waals surface area (Å²) in [7, 11) is 1.84. The molecule has 0 N–H and O–H groups in total. The summed E-state index contributed by atoms with van der Waals surface area (Å²) in [5, 5.41) is 4.87. The fraction of sp³-hybridized carbons (Fsp3) is 0.600. The average molecular weight is 215 g/mol. The van der Waals surface area contributed by atoms with E-state index in [-0.39, 0.29) is 5.41 Å². The molecule has 0 amide bonds. The first-order valence-corrected chi connectivity index (χ1v) is 4.89. The molecule has 1 aromatic rings. The normalized spacial score (nSPS) is 11.8. The van der Waals surface area contributed by atoms with E-state index >= 15 is 0 Å². The minimum Gasteiger partial charge on any atom is -0.303 e. The number of carbonyl (C=O) groups excluding carboxylic acids is 1. The zero-order valence-corrected chi connectivity index (χ0v) is 9.72. The molecule has 0 fully saturated rings. The van der Waals surface area contributed by atoms with Crippen molar-refractivity contribution in [3.05, 3.63) is 16.4 Å². The van der Waals surface area contributed by atoms with Crippen LogP contribution in [0.15, 0.2) is 0 Å². The lowest BCUT2D eigenvalue weighted by molar-refractivity contribution is -0.114. The minimum absolute atomic E-state index is 0.385. The Kier molecular flexibility index (Phi) is 3.00. The third-order valence-electron chi connectivity index (χ3n) is 2.20. The highest BCUT2D eigenvalue weighted by atomic mass is 35.5. The van der Waals surface area contributed by atoms with Crippen LogP contribution in [0.25, 0.3) is 0 Å². The second-order valence-electron chi connectivity index (χ2n) is 4.25. The lowest BCUT2D eigenvalue weighted by Gasteiger charge is -2.16. The number of aldehydes is 1. The van der Waals surface area contributed by atoms with E-state index in [0.717, 1.165) is 17.7 Å². The molecule has 0 saturated carbocycles. The lowest BCUT2D eigenvalue weighted by atomic mass is 9.89. The van der Waals surface area contributed by atoms with E-state index in [9.17, 15) is 4.79 Å². The molecule has 0 aromatic carbocycles. The van der Waals surface area contributed by atoms with Gasteiger partial charge in [0.2, 0.25) is 0 Å². The molecule has 0 spiro atoms. The van der Waals surface area contributed by atoms with Crippen molar-refractivity contribution in [3.63, 3.8) is 0 Å².